The maximum Gasteiger partial charge on any atom is 0.374 e. The molecule has 116 valence electrons. The van der Waals surface area contributed by atoms with E-state index in [0.29, 0.717) is 31.0 Å². The fourth-order valence-corrected chi connectivity index (χ4v) is 2.30. The van der Waals surface area contributed by atoms with E-state index in [4.69, 9.17) is 13.9 Å². The van der Waals surface area contributed by atoms with Crippen LogP contribution in [0, 0.1) is 6.92 Å². The monoisotopic (exact) mass is 297 g/mol. The third-order valence-electron chi connectivity index (χ3n) is 3.41. The average Bonchev–Trinajstić information content (AvgIpc) is 2.86. The average molecular weight is 297 g/mol. The lowest BCUT2D eigenvalue weighted by Crippen LogP contribution is -2.49. The molecular weight excluding hydrogens is 278 g/mol. The lowest BCUT2D eigenvalue weighted by molar-refractivity contribution is -0.153. The van der Waals surface area contributed by atoms with Crippen molar-refractivity contribution < 1.29 is 28.2 Å². The number of carbonyl (C=O) groups is 2. The number of esters is 2. The van der Waals surface area contributed by atoms with Gasteiger partial charge in [-0.2, -0.15) is 0 Å². The smallest absolute Gasteiger partial charge is 0.374 e. The summed E-state index contributed by atoms with van der Waals surface area (Å²) in [4.78, 5) is 25.2. The Bertz CT molecular complexity index is 524. The van der Waals surface area contributed by atoms with Crippen LogP contribution in [0.1, 0.15) is 21.9 Å². The zero-order valence-corrected chi connectivity index (χ0v) is 12.4. The summed E-state index contributed by atoms with van der Waals surface area (Å²) in [7, 11) is 2.65. The number of carbonyl (C=O) groups excluding carboxylic acids is 2. The number of methoxy groups -OCH3 is 2. The molecule has 2 rings (SSSR count). The zero-order valence-electron chi connectivity index (χ0n) is 12.4. The van der Waals surface area contributed by atoms with E-state index in [1.807, 2.05) is 4.90 Å². The largest absolute Gasteiger partial charge is 0.468 e. The van der Waals surface area contributed by atoms with Crippen molar-refractivity contribution >= 4 is 11.9 Å². The van der Waals surface area contributed by atoms with Crippen molar-refractivity contribution in [2.24, 2.45) is 0 Å². The highest BCUT2D eigenvalue weighted by Crippen LogP contribution is 2.19. The minimum Gasteiger partial charge on any atom is -0.468 e. The molecule has 7 heteroatoms. The van der Waals surface area contributed by atoms with Crippen LogP contribution >= 0.6 is 0 Å². The van der Waals surface area contributed by atoms with Crippen molar-refractivity contribution in [2.45, 2.75) is 19.5 Å². The van der Waals surface area contributed by atoms with Crippen molar-refractivity contribution in [1.29, 1.82) is 0 Å². The van der Waals surface area contributed by atoms with Crippen LogP contribution in [0.4, 0.5) is 0 Å². The van der Waals surface area contributed by atoms with E-state index >= 15 is 0 Å². The van der Waals surface area contributed by atoms with E-state index in [1.54, 1.807) is 13.0 Å². The number of rotatable bonds is 4. The van der Waals surface area contributed by atoms with Gasteiger partial charge < -0.3 is 18.6 Å². The molecule has 1 saturated heterocycles. The molecule has 0 radical (unpaired) electrons. The van der Waals surface area contributed by atoms with E-state index in [-0.39, 0.29) is 18.3 Å². The van der Waals surface area contributed by atoms with Crippen LogP contribution in [0.3, 0.4) is 0 Å². The summed E-state index contributed by atoms with van der Waals surface area (Å²) in [6, 6.07) is 1.31. The van der Waals surface area contributed by atoms with Crippen molar-refractivity contribution in [2.75, 3.05) is 34.0 Å². The highest BCUT2D eigenvalue weighted by Gasteiger charge is 2.31. The van der Waals surface area contributed by atoms with Gasteiger partial charge in [0.15, 0.2) is 0 Å². The summed E-state index contributed by atoms with van der Waals surface area (Å²) in [5, 5.41) is 0. The molecule has 1 aliphatic heterocycles. The fourth-order valence-electron chi connectivity index (χ4n) is 2.30. The van der Waals surface area contributed by atoms with Gasteiger partial charge >= 0.3 is 11.9 Å². The predicted octanol–water partition coefficient (Wildman–Crippen LogP) is 0.748. The molecule has 0 N–H and O–H groups in total. The van der Waals surface area contributed by atoms with Gasteiger partial charge in [0.25, 0.3) is 0 Å². The zero-order chi connectivity index (χ0) is 15.4. The summed E-state index contributed by atoms with van der Waals surface area (Å²) >= 11 is 0. The molecule has 0 amide bonds. The van der Waals surface area contributed by atoms with Gasteiger partial charge in [0.1, 0.15) is 11.8 Å². The lowest BCUT2D eigenvalue weighted by Gasteiger charge is -2.32. The Labute approximate surface area is 122 Å². The second-order valence-corrected chi connectivity index (χ2v) is 4.80. The van der Waals surface area contributed by atoms with Gasteiger partial charge in [0, 0.05) is 12.1 Å². The first-order valence-electron chi connectivity index (χ1n) is 6.64. The molecule has 0 bridgehead atoms. The van der Waals surface area contributed by atoms with Crippen LogP contribution in [0.15, 0.2) is 10.5 Å². The third-order valence-corrected chi connectivity index (χ3v) is 3.41. The highest BCUT2D eigenvalue weighted by atomic mass is 16.5. The van der Waals surface area contributed by atoms with E-state index < -0.39 is 12.0 Å². The van der Waals surface area contributed by atoms with Gasteiger partial charge in [0.05, 0.1) is 34.0 Å². The molecule has 7 nitrogen and oxygen atoms in total. The molecule has 1 aliphatic rings. The molecule has 1 unspecified atom stereocenters. The summed E-state index contributed by atoms with van der Waals surface area (Å²) in [5.41, 5.74) is 0.708. The van der Waals surface area contributed by atoms with Crippen molar-refractivity contribution in [1.82, 2.24) is 4.90 Å². The molecule has 21 heavy (non-hydrogen) atoms. The number of hydrogen-bond donors (Lipinski definition) is 0. The lowest BCUT2D eigenvalue weighted by atomic mass is 10.2. The van der Waals surface area contributed by atoms with Crippen LogP contribution in [0.25, 0.3) is 0 Å². The number of furan rings is 1. The number of morpholine rings is 1. The molecule has 0 aliphatic carbocycles. The van der Waals surface area contributed by atoms with Gasteiger partial charge in [-0.3, -0.25) is 9.69 Å². The van der Waals surface area contributed by atoms with Crippen molar-refractivity contribution in [3.63, 3.8) is 0 Å². The standard InChI is InChI=1S/C14H19NO6/c1-9-6-10(21-12(9)14(17)19-3)7-15-4-5-20-8-11(15)13(16)18-2/h6,11H,4-5,7-8H2,1-3H3. The number of aryl methyl sites for hydroxylation is 1. The van der Waals surface area contributed by atoms with Gasteiger partial charge in [-0.15, -0.1) is 0 Å². The first-order valence-corrected chi connectivity index (χ1v) is 6.64. The van der Waals surface area contributed by atoms with Gasteiger partial charge in [0.2, 0.25) is 5.76 Å². The Morgan fingerprint density at radius 2 is 2.14 bits per heavy atom. The van der Waals surface area contributed by atoms with E-state index in [2.05, 4.69) is 4.74 Å². The molecule has 0 aromatic carbocycles. The normalized spacial score (nSPS) is 19.3. The Balaban J connectivity index is 2.12. The summed E-state index contributed by atoms with van der Waals surface area (Å²) in [5.74, 6) is -0.0597. The maximum atomic E-state index is 11.7. The SMILES string of the molecule is COC(=O)c1oc(CN2CCOCC2C(=O)OC)cc1C. The number of ether oxygens (including phenoxy) is 3. The minimum absolute atomic E-state index is 0.190. The first-order chi connectivity index (χ1) is 10.1. The van der Waals surface area contributed by atoms with Gasteiger partial charge in [-0.1, -0.05) is 0 Å². The second-order valence-electron chi connectivity index (χ2n) is 4.80. The Morgan fingerprint density at radius 1 is 1.38 bits per heavy atom. The Hall–Kier alpha value is -1.86. The minimum atomic E-state index is -0.509. The van der Waals surface area contributed by atoms with Crippen LogP contribution in [-0.2, 0) is 25.5 Å². The number of nitrogens with zero attached hydrogens (tertiary/aromatic N) is 1. The Morgan fingerprint density at radius 3 is 2.81 bits per heavy atom. The van der Waals surface area contributed by atoms with E-state index in [9.17, 15) is 9.59 Å². The molecule has 0 spiro atoms. The maximum absolute atomic E-state index is 11.7. The fraction of sp³-hybridized carbons (Fsp3) is 0.571. The van der Waals surface area contributed by atoms with Crippen molar-refractivity contribution in [3.8, 4) is 0 Å². The quantitative estimate of drug-likeness (QED) is 0.759. The molecule has 1 aromatic rings. The van der Waals surface area contributed by atoms with Crippen LogP contribution in [0.5, 0.6) is 0 Å². The topological polar surface area (TPSA) is 78.2 Å². The molecule has 1 atom stereocenters. The van der Waals surface area contributed by atoms with Crippen molar-refractivity contribution in [3.05, 3.63) is 23.2 Å². The first kappa shape index (κ1) is 15.5. The highest BCUT2D eigenvalue weighted by molar-refractivity contribution is 5.87. The van der Waals surface area contributed by atoms with Gasteiger partial charge in [-0.25, -0.2) is 4.79 Å². The summed E-state index contributed by atoms with van der Waals surface area (Å²) < 4.78 is 20.3. The van der Waals surface area contributed by atoms with Gasteiger partial charge in [-0.05, 0) is 13.0 Å². The second kappa shape index (κ2) is 6.73. The molecule has 1 aromatic heterocycles. The molecule has 0 saturated carbocycles. The number of hydrogen-bond acceptors (Lipinski definition) is 7. The summed E-state index contributed by atoms with van der Waals surface area (Å²) in [6.45, 7) is 3.59. The predicted molar refractivity (Wildman–Crippen MR) is 71.8 cm³/mol. The van der Waals surface area contributed by atoms with Crippen LogP contribution in [0.2, 0.25) is 0 Å². The molecule has 1 fully saturated rings. The molecule has 2 heterocycles. The summed E-state index contributed by atoms with van der Waals surface area (Å²) in [6.07, 6.45) is 0. The van der Waals surface area contributed by atoms with E-state index in [0.717, 1.165) is 0 Å². The third kappa shape index (κ3) is 3.43. The van der Waals surface area contributed by atoms with E-state index in [1.165, 1.54) is 14.2 Å². The Kier molecular flexibility index (Phi) is 4.98. The molecular formula is C14H19NO6. The van der Waals surface area contributed by atoms with Crippen LogP contribution in [-0.4, -0.2) is 56.9 Å². The van der Waals surface area contributed by atoms with Crippen LogP contribution < -0.4 is 0 Å².